The molecule has 350 valence electrons. The Bertz CT molecular complexity index is 4800. The van der Waals surface area contributed by atoms with Crippen molar-refractivity contribution in [3.05, 3.63) is 236 Å². The molecule has 0 radical (unpaired) electrons. The topological polar surface area (TPSA) is 49.0 Å². The number of aromatic nitrogens is 4. The van der Waals surface area contributed by atoms with E-state index in [0.29, 0.717) is 50.4 Å². The number of hydrogen-bond acceptors (Lipinski definition) is 3. The number of benzene rings is 9. The summed E-state index contributed by atoms with van der Waals surface area (Å²) in [5, 5.41) is 3.37. The molecular formula is C65H46N4O2Pt-2. The number of imidazole rings is 1. The minimum absolute atomic E-state index is 0. The third kappa shape index (κ3) is 7.62. The van der Waals surface area contributed by atoms with Gasteiger partial charge in [0.25, 0.3) is 6.33 Å². The van der Waals surface area contributed by atoms with E-state index in [2.05, 4.69) is 55.9 Å². The van der Waals surface area contributed by atoms with Crippen LogP contribution in [-0.2, 0) is 26.5 Å². The van der Waals surface area contributed by atoms with Crippen LogP contribution in [0, 0.1) is 25.3 Å². The Balaban J connectivity index is 0.00000709. The average Bonchev–Trinajstić information content (AvgIpc) is 2.30. The molecule has 13 aromatic rings. The Morgan fingerprint density at radius 2 is 1.35 bits per heavy atom. The van der Waals surface area contributed by atoms with E-state index in [1.165, 1.54) is 22.8 Å². The van der Waals surface area contributed by atoms with Crippen LogP contribution in [0.5, 0.6) is 11.5 Å². The zero-order valence-electron chi connectivity index (χ0n) is 51.8. The number of ether oxygens (including phenoxy) is 1. The number of furan rings is 1. The fourth-order valence-corrected chi connectivity index (χ4v) is 9.57. The third-order valence-electron chi connectivity index (χ3n) is 12.9. The van der Waals surface area contributed by atoms with Crippen molar-refractivity contribution in [3.63, 3.8) is 0 Å². The van der Waals surface area contributed by atoms with Crippen molar-refractivity contribution in [2.75, 3.05) is 0 Å². The van der Waals surface area contributed by atoms with Crippen molar-refractivity contribution >= 4 is 54.8 Å². The van der Waals surface area contributed by atoms with Crippen molar-refractivity contribution in [3.8, 4) is 62.1 Å². The molecule has 0 saturated heterocycles. The van der Waals surface area contributed by atoms with E-state index in [1.807, 2.05) is 60.8 Å². The van der Waals surface area contributed by atoms with Crippen LogP contribution in [0.2, 0.25) is 0 Å². The SMILES string of the molecule is [2H]c1c([2H])c([2H])c(-c2cccc(-c3c([2H])c([2H])c([2H])c([2H])c3[2H])c2-[n+]2[c-]n(-c3[c-]c(Oc4[c-]c5c(cc4)c4ccccc4n5-c4cc(C(C)(C)C)ccn4)ccc3)c3ccc(-c4c(C([2H])([2H])[2H])ccc5c4oc4ccccc45)cc32)c([2H])c1[2H].[Pt]. The number of hydrogen-bond donors (Lipinski definition) is 0. The van der Waals surface area contributed by atoms with Gasteiger partial charge in [-0.1, -0.05) is 166 Å². The minimum Gasteiger partial charge on any atom is -0.510 e. The van der Waals surface area contributed by atoms with Gasteiger partial charge >= 0.3 is 0 Å². The van der Waals surface area contributed by atoms with Gasteiger partial charge in [-0.3, -0.25) is 4.57 Å². The van der Waals surface area contributed by atoms with Crippen LogP contribution < -0.4 is 9.30 Å². The zero-order chi connectivity index (χ0) is 59.0. The maximum absolute atomic E-state index is 9.27. The molecule has 0 spiro atoms. The monoisotopic (exact) mass is 1120 g/mol. The molecule has 0 unspecified atom stereocenters. The summed E-state index contributed by atoms with van der Waals surface area (Å²) in [7, 11) is 0. The number of rotatable bonds is 8. The van der Waals surface area contributed by atoms with E-state index < -0.39 is 67.3 Å². The molecule has 6 nitrogen and oxygen atoms in total. The summed E-state index contributed by atoms with van der Waals surface area (Å²) in [4.78, 5) is 4.82. The van der Waals surface area contributed by atoms with Crippen molar-refractivity contribution in [1.29, 1.82) is 0 Å². The number of para-hydroxylation sites is 3. The number of nitrogens with zero attached hydrogens (tertiary/aromatic N) is 4. The molecule has 72 heavy (non-hydrogen) atoms. The predicted molar refractivity (Wildman–Crippen MR) is 287 cm³/mol. The molecule has 0 saturated carbocycles. The van der Waals surface area contributed by atoms with Crippen LogP contribution in [-0.4, -0.2) is 14.1 Å². The van der Waals surface area contributed by atoms with Gasteiger partial charge < -0.3 is 18.3 Å². The first-order valence-electron chi connectivity index (χ1n) is 29.5. The summed E-state index contributed by atoms with van der Waals surface area (Å²) in [6.07, 6.45) is 5.25. The Morgan fingerprint density at radius 1 is 0.639 bits per heavy atom. The largest absolute Gasteiger partial charge is 0.510 e. The zero-order valence-corrected chi connectivity index (χ0v) is 41.1. The van der Waals surface area contributed by atoms with E-state index in [4.69, 9.17) is 26.5 Å². The second-order valence-corrected chi connectivity index (χ2v) is 18.2. The molecule has 0 bridgehead atoms. The molecule has 0 aliphatic carbocycles. The summed E-state index contributed by atoms with van der Waals surface area (Å²) < 4.78 is 134. The molecule has 0 aliphatic heterocycles. The second-order valence-electron chi connectivity index (χ2n) is 18.2. The number of pyridine rings is 1. The van der Waals surface area contributed by atoms with E-state index >= 15 is 0 Å². The minimum atomic E-state index is -2.64. The second kappa shape index (κ2) is 17.8. The number of aryl methyl sites for hydroxylation is 1. The Labute approximate surface area is 450 Å². The standard InChI is InChI=1S/C65H46N4O2.Pt/c1-42-29-32-55-54-24-12-14-28-60(54)71-64(55)62(42)45-30-34-57-59(37-45)68(63-50(43-17-7-5-8-18-43)25-16-26-51(63)44-19-9-6-10-20-44)41-67(57)47-21-15-22-48(39-47)70-49-31-33-53-52-23-11-13-27-56(52)69(58(53)40-49)61-38-46(35-36-66-61)65(2,3)4;/h5-38H,1-4H3;/q-2;/i1D3,5D,6D,7D,8D,9D,10D,17D,18D,19D,20D;. The van der Waals surface area contributed by atoms with E-state index in [9.17, 15) is 5.48 Å². The summed E-state index contributed by atoms with van der Waals surface area (Å²) in [5.41, 5.74) is 4.77. The van der Waals surface area contributed by atoms with Gasteiger partial charge in [0.2, 0.25) is 0 Å². The van der Waals surface area contributed by atoms with Crippen LogP contribution in [0.15, 0.2) is 211 Å². The Morgan fingerprint density at radius 3 is 2.11 bits per heavy atom. The molecule has 0 amide bonds. The van der Waals surface area contributed by atoms with Crippen molar-refractivity contribution in [1.82, 2.24) is 14.1 Å². The molecule has 0 fully saturated rings. The van der Waals surface area contributed by atoms with E-state index in [1.54, 1.807) is 59.2 Å². The molecule has 9 aromatic carbocycles. The number of fused-ring (bicyclic) bond motifs is 7. The van der Waals surface area contributed by atoms with Crippen LogP contribution >= 0.6 is 0 Å². The summed E-state index contributed by atoms with van der Waals surface area (Å²) in [6.45, 7) is 3.81. The normalized spacial score (nSPS) is 14.5. The smallest absolute Gasteiger partial charge is 0.268 e. The fraction of sp³-hybridized carbons (Fsp3) is 0.0769. The first-order chi connectivity index (χ1) is 40.1. The maximum Gasteiger partial charge on any atom is 0.268 e. The molecule has 0 N–H and O–H groups in total. The summed E-state index contributed by atoms with van der Waals surface area (Å²) >= 11 is 0. The van der Waals surface area contributed by atoms with Crippen molar-refractivity contribution < 1.29 is 52.6 Å². The quantitative estimate of drug-likeness (QED) is 0.113. The van der Waals surface area contributed by atoms with Gasteiger partial charge in [-0.05, 0) is 92.6 Å². The molecular weight excluding hydrogens is 1060 g/mol. The maximum atomic E-state index is 9.27. The van der Waals surface area contributed by atoms with Crippen LogP contribution in [0.25, 0.3) is 105 Å². The van der Waals surface area contributed by atoms with Crippen molar-refractivity contribution in [2.24, 2.45) is 0 Å². The van der Waals surface area contributed by atoms with Gasteiger partial charge in [0, 0.05) is 64.7 Å². The predicted octanol–water partition coefficient (Wildman–Crippen LogP) is 16.1. The first-order valence-corrected chi connectivity index (χ1v) is 23.0. The molecule has 0 aliphatic rings. The van der Waals surface area contributed by atoms with Crippen molar-refractivity contribution in [2.45, 2.75) is 33.0 Å². The molecule has 13 rings (SSSR count). The first kappa shape index (κ1) is 32.5. The Hall–Kier alpha value is -8.31. The van der Waals surface area contributed by atoms with E-state index in [0.717, 1.165) is 32.8 Å². The average molecular weight is 1120 g/mol. The van der Waals surface area contributed by atoms with Crippen LogP contribution in [0.3, 0.4) is 0 Å². The summed E-state index contributed by atoms with van der Waals surface area (Å²) in [6, 6.07) is 42.6. The van der Waals surface area contributed by atoms with Gasteiger partial charge in [-0.2, -0.15) is 18.2 Å². The van der Waals surface area contributed by atoms with Gasteiger partial charge in [0.1, 0.15) is 17.0 Å². The van der Waals surface area contributed by atoms with Gasteiger partial charge in [0.15, 0.2) is 0 Å². The summed E-state index contributed by atoms with van der Waals surface area (Å²) in [5.74, 6) is 1.36. The van der Waals surface area contributed by atoms with Gasteiger partial charge in [-0.15, -0.1) is 29.7 Å². The van der Waals surface area contributed by atoms with Crippen LogP contribution in [0.1, 0.15) is 49.7 Å². The Kier molecular flexibility index (Phi) is 8.06. The van der Waals surface area contributed by atoms with Gasteiger partial charge in [-0.25, -0.2) is 4.98 Å². The molecule has 7 heteroatoms. The van der Waals surface area contributed by atoms with Crippen LogP contribution in [0.4, 0.5) is 0 Å². The molecule has 4 heterocycles. The molecule has 0 atom stereocenters. The van der Waals surface area contributed by atoms with E-state index in [-0.39, 0.29) is 71.3 Å². The van der Waals surface area contributed by atoms with Gasteiger partial charge in [0.05, 0.1) is 30.4 Å². The fourth-order valence-electron chi connectivity index (χ4n) is 9.57. The third-order valence-corrected chi connectivity index (χ3v) is 12.9. The molecule has 4 aromatic heterocycles.